The molecule has 1 saturated carbocycles. The topological polar surface area (TPSA) is 107 Å². The number of nitrogens with one attached hydrogen (secondary N) is 2. The Bertz CT molecular complexity index is 661. The second kappa shape index (κ2) is 10.2. The Hall–Kier alpha value is -2.19. The highest BCUT2D eigenvalue weighted by molar-refractivity contribution is 5.90. The minimum atomic E-state index is -0.636. The van der Waals surface area contributed by atoms with E-state index in [1.54, 1.807) is 0 Å². The third-order valence-corrected chi connectivity index (χ3v) is 5.01. The second-order valence-electron chi connectivity index (χ2n) is 6.91. The van der Waals surface area contributed by atoms with Crippen molar-refractivity contribution in [1.82, 2.24) is 20.3 Å². The van der Waals surface area contributed by atoms with E-state index in [4.69, 9.17) is 5.21 Å². The van der Waals surface area contributed by atoms with Crippen molar-refractivity contribution in [2.24, 2.45) is 5.92 Å². The van der Waals surface area contributed by atoms with E-state index in [1.165, 1.54) is 56.1 Å². The summed E-state index contributed by atoms with van der Waals surface area (Å²) in [6.07, 6.45) is 12.8. The van der Waals surface area contributed by atoms with Gasteiger partial charge in [0.05, 0.1) is 18.1 Å². The molecule has 2 aliphatic rings. The molecule has 9 heteroatoms. The molecule has 148 valence electrons. The number of hydrogen-bond acceptors (Lipinski definition) is 6. The van der Waals surface area contributed by atoms with Gasteiger partial charge in [-0.2, -0.15) is 0 Å². The molecule has 0 radical (unpaired) electrons. The van der Waals surface area contributed by atoms with Crippen molar-refractivity contribution in [3.05, 3.63) is 24.2 Å². The van der Waals surface area contributed by atoms with E-state index in [1.807, 2.05) is 4.90 Å². The van der Waals surface area contributed by atoms with Crippen LogP contribution in [0.5, 0.6) is 0 Å². The fourth-order valence-corrected chi connectivity index (χ4v) is 3.61. The molecule has 3 rings (SSSR count). The van der Waals surface area contributed by atoms with Gasteiger partial charge in [0, 0.05) is 19.2 Å². The zero-order valence-electron chi connectivity index (χ0n) is 15.1. The third kappa shape index (κ3) is 5.90. The van der Waals surface area contributed by atoms with Crippen LogP contribution in [0.25, 0.3) is 6.08 Å². The van der Waals surface area contributed by atoms with Gasteiger partial charge in [-0.25, -0.2) is 10.5 Å². The Labute approximate surface area is 164 Å². The molecule has 0 bridgehead atoms. The first kappa shape index (κ1) is 21.1. The Morgan fingerprint density at radius 1 is 1.22 bits per heavy atom. The number of nitrogens with zero attached hydrogens (tertiary/aromatic N) is 3. The molecule has 0 spiro atoms. The van der Waals surface area contributed by atoms with Crippen molar-refractivity contribution in [2.45, 2.75) is 44.6 Å². The van der Waals surface area contributed by atoms with Gasteiger partial charge in [-0.05, 0) is 31.3 Å². The van der Waals surface area contributed by atoms with E-state index in [9.17, 15) is 9.59 Å². The van der Waals surface area contributed by atoms with E-state index in [2.05, 4.69) is 15.3 Å². The highest BCUT2D eigenvalue weighted by Crippen LogP contribution is 2.26. The lowest BCUT2D eigenvalue weighted by atomic mass is 9.89. The molecule has 1 aromatic rings. The molecule has 1 saturated heterocycles. The Morgan fingerprint density at radius 2 is 2.00 bits per heavy atom. The monoisotopic (exact) mass is 395 g/mol. The molecular formula is C18H26ClN5O3. The summed E-state index contributed by atoms with van der Waals surface area (Å²) in [5.41, 5.74) is 1.99. The molecule has 27 heavy (non-hydrogen) atoms. The van der Waals surface area contributed by atoms with Crippen LogP contribution in [-0.2, 0) is 9.59 Å². The summed E-state index contributed by atoms with van der Waals surface area (Å²) < 4.78 is 0. The van der Waals surface area contributed by atoms with Crippen molar-refractivity contribution in [1.29, 1.82) is 0 Å². The SMILES string of the molecule is Cl.O=C(C=Cc1cnc(NC2CCN(CC3CCCCC3)C2=O)cn1)NO. The summed E-state index contributed by atoms with van der Waals surface area (Å²) in [6.45, 7) is 1.66. The fourth-order valence-electron chi connectivity index (χ4n) is 3.61. The molecule has 2 heterocycles. The van der Waals surface area contributed by atoms with Gasteiger partial charge in [0.25, 0.3) is 5.91 Å². The lowest BCUT2D eigenvalue weighted by Gasteiger charge is -2.27. The number of hydrogen-bond donors (Lipinski definition) is 3. The predicted octanol–water partition coefficient (Wildman–Crippen LogP) is 2.01. The molecule has 1 aliphatic heterocycles. The number of carbonyl (C=O) groups is 2. The third-order valence-electron chi connectivity index (χ3n) is 5.01. The number of likely N-dealkylation sites (tertiary alicyclic amines) is 1. The summed E-state index contributed by atoms with van der Waals surface area (Å²) >= 11 is 0. The zero-order valence-corrected chi connectivity index (χ0v) is 16.0. The molecule has 1 atom stereocenters. The highest BCUT2D eigenvalue weighted by Gasteiger charge is 2.33. The van der Waals surface area contributed by atoms with Gasteiger partial charge in [-0.1, -0.05) is 19.3 Å². The van der Waals surface area contributed by atoms with Crippen LogP contribution in [0.15, 0.2) is 18.5 Å². The van der Waals surface area contributed by atoms with E-state index in [0.717, 1.165) is 25.6 Å². The van der Waals surface area contributed by atoms with Crippen molar-refractivity contribution in [2.75, 3.05) is 18.4 Å². The predicted molar refractivity (Wildman–Crippen MR) is 103 cm³/mol. The molecular weight excluding hydrogens is 370 g/mol. The van der Waals surface area contributed by atoms with Gasteiger partial charge < -0.3 is 10.2 Å². The largest absolute Gasteiger partial charge is 0.357 e. The first-order valence-electron chi connectivity index (χ1n) is 9.15. The first-order valence-corrected chi connectivity index (χ1v) is 9.15. The Kier molecular flexibility index (Phi) is 7.99. The average Bonchev–Trinajstić information content (AvgIpc) is 3.01. The maximum atomic E-state index is 12.6. The summed E-state index contributed by atoms with van der Waals surface area (Å²) in [5, 5.41) is 11.6. The van der Waals surface area contributed by atoms with Crippen molar-refractivity contribution >= 4 is 36.1 Å². The molecule has 3 N–H and O–H groups in total. The van der Waals surface area contributed by atoms with Crippen LogP contribution in [0.4, 0.5) is 5.82 Å². The lowest BCUT2D eigenvalue weighted by Crippen LogP contribution is -2.37. The molecule has 0 aromatic carbocycles. The van der Waals surface area contributed by atoms with E-state index in [0.29, 0.717) is 17.4 Å². The number of hydroxylamine groups is 1. The average molecular weight is 396 g/mol. The second-order valence-corrected chi connectivity index (χ2v) is 6.91. The van der Waals surface area contributed by atoms with E-state index in [-0.39, 0.29) is 24.4 Å². The van der Waals surface area contributed by atoms with E-state index < -0.39 is 5.91 Å². The van der Waals surface area contributed by atoms with Crippen LogP contribution in [-0.4, -0.2) is 51.0 Å². The minimum absolute atomic E-state index is 0. The van der Waals surface area contributed by atoms with Crippen LogP contribution in [0, 0.1) is 5.92 Å². The van der Waals surface area contributed by atoms with Gasteiger partial charge in [0.1, 0.15) is 11.9 Å². The number of anilines is 1. The molecule has 1 aliphatic carbocycles. The maximum Gasteiger partial charge on any atom is 0.267 e. The van der Waals surface area contributed by atoms with Crippen LogP contribution in [0.3, 0.4) is 0 Å². The van der Waals surface area contributed by atoms with Crippen molar-refractivity contribution in [3.8, 4) is 0 Å². The molecule has 1 aromatic heterocycles. The first-order chi connectivity index (χ1) is 12.7. The van der Waals surface area contributed by atoms with Crippen molar-refractivity contribution < 1.29 is 14.8 Å². The van der Waals surface area contributed by atoms with E-state index >= 15 is 0 Å². The minimum Gasteiger partial charge on any atom is -0.357 e. The van der Waals surface area contributed by atoms with Crippen LogP contribution in [0.1, 0.15) is 44.2 Å². The van der Waals surface area contributed by atoms with Crippen LogP contribution in [0.2, 0.25) is 0 Å². The molecule has 2 amide bonds. The van der Waals surface area contributed by atoms with Gasteiger partial charge in [-0.3, -0.25) is 19.8 Å². The normalized spacial score (nSPS) is 20.6. The molecule has 1 unspecified atom stereocenters. The van der Waals surface area contributed by atoms with Crippen LogP contribution < -0.4 is 10.8 Å². The van der Waals surface area contributed by atoms with Gasteiger partial charge in [-0.15, -0.1) is 12.4 Å². The van der Waals surface area contributed by atoms with Gasteiger partial charge >= 0.3 is 0 Å². The zero-order chi connectivity index (χ0) is 18.4. The summed E-state index contributed by atoms with van der Waals surface area (Å²) in [7, 11) is 0. The number of halogens is 1. The highest BCUT2D eigenvalue weighted by atomic mass is 35.5. The summed E-state index contributed by atoms with van der Waals surface area (Å²) in [6, 6.07) is -0.255. The molecule has 2 fully saturated rings. The Morgan fingerprint density at radius 3 is 2.67 bits per heavy atom. The Balaban J connectivity index is 0.00000261. The number of rotatable bonds is 6. The maximum absolute atomic E-state index is 12.6. The summed E-state index contributed by atoms with van der Waals surface area (Å²) in [4.78, 5) is 33.9. The quantitative estimate of drug-likeness (QED) is 0.386. The van der Waals surface area contributed by atoms with Crippen LogP contribution >= 0.6 is 12.4 Å². The van der Waals surface area contributed by atoms with Crippen molar-refractivity contribution in [3.63, 3.8) is 0 Å². The van der Waals surface area contributed by atoms with Gasteiger partial charge in [0.15, 0.2) is 0 Å². The lowest BCUT2D eigenvalue weighted by molar-refractivity contribution is -0.129. The summed E-state index contributed by atoms with van der Waals surface area (Å²) in [5.74, 6) is 0.685. The fraction of sp³-hybridized carbons (Fsp3) is 0.556. The van der Waals surface area contributed by atoms with Gasteiger partial charge in [0.2, 0.25) is 5.91 Å². The molecule has 8 nitrogen and oxygen atoms in total. The number of carbonyl (C=O) groups excluding carboxylic acids is 2. The standard InChI is InChI=1S/C18H25N5O3.ClH/c24-17(22-26)7-6-14-10-20-16(11-19-14)21-15-8-9-23(18(15)25)12-13-4-2-1-3-5-13;/h6-7,10-11,13,15,26H,1-5,8-9,12H2,(H,20,21)(H,22,24);1H. The number of amides is 2. The number of aromatic nitrogens is 2. The smallest absolute Gasteiger partial charge is 0.267 e.